The van der Waals surface area contributed by atoms with Gasteiger partial charge in [-0.3, -0.25) is 9.48 Å². The van der Waals surface area contributed by atoms with Crippen LogP contribution in [0.2, 0.25) is 0 Å². The van der Waals surface area contributed by atoms with Crippen molar-refractivity contribution in [3.63, 3.8) is 0 Å². The van der Waals surface area contributed by atoms with Crippen LogP contribution >= 0.6 is 0 Å². The minimum Gasteiger partial charge on any atom is -0.381 e. The Morgan fingerprint density at radius 1 is 1.25 bits per heavy atom. The summed E-state index contributed by atoms with van der Waals surface area (Å²) >= 11 is 0. The quantitative estimate of drug-likeness (QED) is 0.843. The largest absolute Gasteiger partial charge is 0.381 e. The van der Waals surface area contributed by atoms with Crippen LogP contribution < -0.4 is 0 Å². The lowest BCUT2D eigenvalue weighted by Crippen LogP contribution is -2.36. The predicted molar refractivity (Wildman–Crippen MR) is 89.4 cm³/mol. The van der Waals surface area contributed by atoms with E-state index in [1.165, 1.54) is 12.8 Å². The van der Waals surface area contributed by atoms with Crippen LogP contribution in [-0.4, -0.2) is 44.9 Å². The highest BCUT2D eigenvalue weighted by molar-refractivity contribution is 5.92. The Balaban J connectivity index is 1.50. The van der Waals surface area contributed by atoms with Gasteiger partial charge in [0.05, 0.1) is 18.8 Å². The zero-order valence-corrected chi connectivity index (χ0v) is 14.1. The summed E-state index contributed by atoms with van der Waals surface area (Å²) in [6.07, 6.45) is 6.32. The lowest BCUT2D eigenvalue weighted by molar-refractivity contribution is 0.0562. The molecule has 0 spiro atoms. The Morgan fingerprint density at radius 3 is 2.83 bits per heavy atom. The summed E-state index contributed by atoms with van der Waals surface area (Å²) in [7, 11) is 1.91. The number of aromatic nitrogens is 3. The molecule has 0 N–H and O–H groups in total. The molecule has 1 aliphatic heterocycles. The monoisotopic (exact) mass is 328 g/mol. The van der Waals surface area contributed by atoms with Gasteiger partial charge in [0.25, 0.3) is 5.91 Å². The number of rotatable bonds is 5. The summed E-state index contributed by atoms with van der Waals surface area (Å²) < 4.78 is 9.80. The first-order valence-corrected chi connectivity index (χ1v) is 8.69. The van der Waals surface area contributed by atoms with Gasteiger partial charge in [-0.2, -0.15) is 5.10 Å². The first-order chi connectivity index (χ1) is 11.7. The number of nitrogens with zero attached hydrogens (tertiary/aromatic N) is 4. The van der Waals surface area contributed by atoms with E-state index >= 15 is 0 Å². The Labute approximate surface area is 142 Å². The van der Waals surface area contributed by atoms with Crippen molar-refractivity contribution in [1.82, 2.24) is 19.2 Å². The molecule has 0 bridgehead atoms. The van der Waals surface area contributed by atoms with E-state index in [0.717, 1.165) is 30.5 Å². The molecule has 128 valence electrons. The van der Waals surface area contributed by atoms with Crippen LogP contribution in [0.15, 0.2) is 30.6 Å². The van der Waals surface area contributed by atoms with Gasteiger partial charge in [0.15, 0.2) is 0 Å². The maximum absolute atomic E-state index is 12.9. The lowest BCUT2D eigenvalue weighted by Gasteiger charge is -2.24. The van der Waals surface area contributed by atoms with Crippen LogP contribution in [0.1, 0.15) is 29.0 Å². The maximum Gasteiger partial charge on any atom is 0.270 e. The highest BCUT2D eigenvalue weighted by atomic mass is 16.5. The summed E-state index contributed by atoms with van der Waals surface area (Å²) in [5, 5.41) is 4.41. The standard InChI is InChI=1S/C18H24N4O2/c1-20-8-2-3-17(20)18(23)21-9-15(13-24-12-14-4-5-14)10-22-16(11-21)6-7-19-22/h2-3,6-8,14-15H,4-5,9-13H2,1H3. The number of ether oxygens (including phenoxy) is 1. The van der Waals surface area contributed by atoms with Gasteiger partial charge in [-0.15, -0.1) is 0 Å². The van der Waals surface area contributed by atoms with Crippen molar-refractivity contribution in [3.8, 4) is 0 Å². The zero-order chi connectivity index (χ0) is 16.5. The Hall–Kier alpha value is -2.08. The van der Waals surface area contributed by atoms with Crippen LogP contribution in [0.25, 0.3) is 0 Å². The molecule has 24 heavy (non-hydrogen) atoms. The number of amides is 1. The molecule has 3 heterocycles. The summed E-state index contributed by atoms with van der Waals surface area (Å²) in [5.74, 6) is 1.11. The molecule has 0 saturated heterocycles. The van der Waals surface area contributed by atoms with Gasteiger partial charge in [-0.05, 0) is 37.0 Å². The normalized spacial score (nSPS) is 20.7. The number of carbonyl (C=O) groups is 1. The minimum absolute atomic E-state index is 0.0735. The lowest BCUT2D eigenvalue weighted by atomic mass is 10.1. The van der Waals surface area contributed by atoms with E-state index in [1.807, 2.05) is 51.8 Å². The summed E-state index contributed by atoms with van der Waals surface area (Å²) in [6, 6.07) is 5.79. The van der Waals surface area contributed by atoms with Gasteiger partial charge in [-0.1, -0.05) is 0 Å². The van der Waals surface area contributed by atoms with Crippen LogP contribution in [0.5, 0.6) is 0 Å². The molecule has 1 atom stereocenters. The van der Waals surface area contributed by atoms with Gasteiger partial charge in [0, 0.05) is 45.1 Å². The fraction of sp³-hybridized carbons (Fsp3) is 0.556. The average molecular weight is 328 g/mol. The third-order valence-corrected chi connectivity index (χ3v) is 4.92. The molecule has 6 heteroatoms. The van der Waals surface area contributed by atoms with Crippen molar-refractivity contribution in [1.29, 1.82) is 0 Å². The maximum atomic E-state index is 12.9. The summed E-state index contributed by atoms with van der Waals surface area (Å²) in [5.41, 5.74) is 1.81. The first-order valence-electron chi connectivity index (χ1n) is 8.69. The van der Waals surface area contributed by atoms with Gasteiger partial charge in [-0.25, -0.2) is 0 Å². The van der Waals surface area contributed by atoms with Gasteiger partial charge < -0.3 is 14.2 Å². The number of aryl methyl sites for hydroxylation is 1. The van der Waals surface area contributed by atoms with E-state index in [4.69, 9.17) is 4.74 Å². The van der Waals surface area contributed by atoms with Gasteiger partial charge >= 0.3 is 0 Å². The fourth-order valence-electron chi connectivity index (χ4n) is 3.32. The molecule has 1 amide bonds. The van der Waals surface area contributed by atoms with Crippen molar-refractivity contribution in [2.45, 2.75) is 25.9 Å². The molecular weight excluding hydrogens is 304 g/mol. The zero-order valence-electron chi connectivity index (χ0n) is 14.1. The number of carbonyl (C=O) groups excluding carboxylic acids is 1. The topological polar surface area (TPSA) is 52.3 Å². The molecule has 2 aliphatic rings. The van der Waals surface area contributed by atoms with Crippen LogP contribution in [0.3, 0.4) is 0 Å². The smallest absolute Gasteiger partial charge is 0.270 e. The Kier molecular flexibility index (Phi) is 4.14. The molecule has 1 fully saturated rings. The average Bonchev–Trinajstić information content (AvgIpc) is 3.19. The number of hydrogen-bond donors (Lipinski definition) is 0. The van der Waals surface area contributed by atoms with Crippen molar-refractivity contribution < 1.29 is 9.53 Å². The molecule has 1 aliphatic carbocycles. The third kappa shape index (κ3) is 3.24. The van der Waals surface area contributed by atoms with Gasteiger partial charge in [0.2, 0.25) is 0 Å². The third-order valence-electron chi connectivity index (χ3n) is 4.92. The van der Waals surface area contributed by atoms with E-state index in [-0.39, 0.29) is 11.8 Å². The molecule has 0 aromatic carbocycles. The molecule has 2 aromatic rings. The predicted octanol–water partition coefficient (Wildman–Crippen LogP) is 1.92. The summed E-state index contributed by atoms with van der Waals surface area (Å²) in [6.45, 7) is 3.66. The van der Waals surface area contributed by atoms with E-state index in [9.17, 15) is 4.79 Å². The number of hydrogen-bond acceptors (Lipinski definition) is 3. The minimum atomic E-state index is 0.0735. The van der Waals surface area contributed by atoms with E-state index in [0.29, 0.717) is 19.7 Å². The fourth-order valence-corrected chi connectivity index (χ4v) is 3.32. The molecular formula is C18H24N4O2. The first kappa shape index (κ1) is 15.4. The van der Waals surface area contributed by atoms with E-state index in [1.54, 1.807) is 0 Å². The number of fused-ring (bicyclic) bond motifs is 1. The van der Waals surface area contributed by atoms with Crippen LogP contribution in [0, 0.1) is 11.8 Å². The Bertz CT molecular complexity index is 716. The second-order valence-electron chi connectivity index (χ2n) is 7.04. The highest BCUT2D eigenvalue weighted by Gasteiger charge is 2.28. The van der Waals surface area contributed by atoms with Crippen molar-refractivity contribution in [3.05, 3.63) is 42.0 Å². The van der Waals surface area contributed by atoms with Crippen molar-refractivity contribution >= 4 is 5.91 Å². The molecule has 0 radical (unpaired) electrons. The summed E-state index contributed by atoms with van der Waals surface area (Å²) in [4.78, 5) is 14.9. The molecule has 4 rings (SSSR count). The van der Waals surface area contributed by atoms with E-state index in [2.05, 4.69) is 5.10 Å². The van der Waals surface area contributed by atoms with Gasteiger partial charge in [0.1, 0.15) is 5.69 Å². The van der Waals surface area contributed by atoms with Crippen molar-refractivity contribution in [2.24, 2.45) is 18.9 Å². The highest BCUT2D eigenvalue weighted by Crippen LogP contribution is 2.29. The van der Waals surface area contributed by atoms with Crippen LogP contribution in [-0.2, 0) is 24.9 Å². The van der Waals surface area contributed by atoms with Crippen LogP contribution in [0.4, 0.5) is 0 Å². The van der Waals surface area contributed by atoms with Crippen molar-refractivity contribution in [2.75, 3.05) is 19.8 Å². The Morgan fingerprint density at radius 2 is 2.08 bits per heavy atom. The van der Waals surface area contributed by atoms with E-state index < -0.39 is 0 Å². The second kappa shape index (κ2) is 6.43. The second-order valence-corrected chi connectivity index (χ2v) is 7.04. The molecule has 6 nitrogen and oxygen atoms in total. The molecule has 1 unspecified atom stereocenters. The SMILES string of the molecule is Cn1cccc1C(=O)N1Cc2ccnn2CC(COCC2CC2)C1. The molecule has 2 aromatic heterocycles. The molecule has 1 saturated carbocycles.